The minimum atomic E-state index is 1.18. The van der Waals surface area contributed by atoms with Gasteiger partial charge < -0.3 is 4.98 Å². The van der Waals surface area contributed by atoms with Gasteiger partial charge in [-0.1, -0.05) is 109 Å². The molecule has 0 unspecified atom stereocenters. The van der Waals surface area contributed by atoms with Crippen molar-refractivity contribution in [1.82, 2.24) is 4.98 Å². The van der Waals surface area contributed by atoms with Crippen LogP contribution in [0.3, 0.4) is 0 Å². The van der Waals surface area contributed by atoms with E-state index in [1.807, 2.05) is 11.3 Å². The summed E-state index contributed by atoms with van der Waals surface area (Å²) >= 11 is 1.95. The van der Waals surface area contributed by atoms with Gasteiger partial charge in [-0.05, 0) is 44.6 Å². The topological polar surface area (TPSA) is 15.8 Å². The Morgan fingerprint density at radius 2 is 1.03 bits per heavy atom. The highest BCUT2D eigenvalue weighted by atomic mass is 32.1. The zero-order chi connectivity index (χ0) is 24.8. The van der Waals surface area contributed by atoms with Gasteiger partial charge in [0.1, 0.15) is 0 Å². The number of aromatic amines is 1. The maximum absolute atomic E-state index is 3.77. The van der Waals surface area contributed by atoms with Crippen molar-refractivity contribution in [3.05, 3.63) is 121 Å². The van der Waals surface area contributed by atoms with E-state index in [2.05, 4.69) is 126 Å². The lowest BCUT2D eigenvalue weighted by molar-refractivity contribution is 1.55. The van der Waals surface area contributed by atoms with Crippen LogP contribution in [0.1, 0.15) is 0 Å². The Morgan fingerprint density at radius 1 is 0.395 bits per heavy atom. The van der Waals surface area contributed by atoms with Gasteiger partial charge in [0.05, 0.1) is 0 Å². The van der Waals surface area contributed by atoms with Gasteiger partial charge in [-0.3, -0.25) is 0 Å². The lowest BCUT2D eigenvalue weighted by Gasteiger charge is -2.10. The average Bonchev–Trinajstić information content (AvgIpc) is 3.56. The van der Waals surface area contributed by atoms with Crippen molar-refractivity contribution in [3.8, 4) is 11.1 Å². The fraction of sp³-hybridized carbons (Fsp3) is 0. The van der Waals surface area contributed by atoms with Gasteiger partial charge >= 0.3 is 0 Å². The fourth-order valence-corrected chi connectivity index (χ4v) is 7.96. The number of nitrogens with one attached hydrogen (secondary N) is 1. The van der Waals surface area contributed by atoms with E-state index >= 15 is 0 Å². The number of para-hydroxylation sites is 1. The van der Waals surface area contributed by atoms with Crippen molar-refractivity contribution in [3.63, 3.8) is 0 Å². The Morgan fingerprint density at radius 3 is 1.87 bits per heavy atom. The van der Waals surface area contributed by atoms with Gasteiger partial charge in [0.2, 0.25) is 0 Å². The normalized spacial score (nSPS) is 12.2. The minimum absolute atomic E-state index is 1.18. The second-order valence-corrected chi connectivity index (χ2v) is 11.2. The van der Waals surface area contributed by atoms with Crippen molar-refractivity contribution in [2.24, 2.45) is 0 Å². The summed E-state index contributed by atoms with van der Waals surface area (Å²) in [4.78, 5) is 3.77. The summed E-state index contributed by atoms with van der Waals surface area (Å²) in [5.41, 5.74) is 4.96. The highest BCUT2D eigenvalue weighted by Crippen LogP contribution is 2.51. The number of H-pyrrole nitrogens is 1. The third kappa shape index (κ3) is 2.60. The lowest BCUT2D eigenvalue weighted by atomic mass is 9.92. The molecule has 0 amide bonds. The second-order valence-electron chi connectivity index (χ2n) is 10.1. The molecule has 2 heterocycles. The molecule has 0 spiro atoms. The molecular weight excluding hydrogens is 478 g/mol. The Balaban J connectivity index is 1.62. The largest absolute Gasteiger partial charge is 0.354 e. The van der Waals surface area contributed by atoms with Gasteiger partial charge in [-0.2, -0.15) is 0 Å². The molecule has 1 N–H and O–H groups in total. The van der Waals surface area contributed by atoms with Crippen LogP contribution < -0.4 is 0 Å². The van der Waals surface area contributed by atoms with Crippen LogP contribution in [-0.2, 0) is 0 Å². The number of hydrogen-bond acceptors (Lipinski definition) is 1. The SMILES string of the molecule is c1ccc2c(-c3cc4[nH]c5ccccc5c4c4c3sc3c5ccccc5c5ccccc5c34)cccc2c1. The van der Waals surface area contributed by atoms with E-state index in [1.165, 1.54) is 85.4 Å². The van der Waals surface area contributed by atoms with Gasteiger partial charge in [0.25, 0.3) is 0 Å². The Hall–Kier alpha value is -4.66. The van der Waals surface area contributed by atoms with E-state index in [9.17, 15) is 0 Å². The summed E-state index contributed by atoms with van der Waals surface area (Å²) in [5, 5.41) is 13.2. The first kappa shape index (κ1) is 20.4. The molecule has 0 saturated carbocycles. The molecule has 0 aliphatic carbocycles. The van der Waals surface area contributed by atoms with Crippen LogP contribution in [0.25, 0.3) is 85.4 Å². The maximum Gasteiger partial charge on any atom is 0.0478 e. The van der Waals surface area contributed by atoms with E-state index in [4.69, 9.17) is 0 Å². The van der Waals surface area contributed by atoms with Crippen molar-refractivity contribution in [2.45, 2.75) is 0 Å². The predicted octanol–water partition coefficient (Wildman–Crippen LogP) is 10.8. The zero-order valence-electron chi connectivity index (χ0n) is 20.5. The third-order valence-electron chi connectivity index (χ3n) is 8.16. The van der Waals surface area contributed by atoms with Gasteiger partial charge in [-0.15, -0.1) is 11.3 Å². The highest BCUT2D eigenvalue weighted by molar-refractivity contribution is 7.27. The van der Waals surface area contributed by atoms with Crippen LogP contribution in [0.5, 0.6) is 0 Å². The van der Waals surface area contributed by atoms with Gasteiger partial charge in [0, 0.05) is 52.9 Å². The van der Waals surface area contributed by atoms with Crippen LogP contribution in [0.4, 0.5) is 0 Å². The molecule has 0 fully saturated rings. The number of aromatic nitrogens is 1. The monoisotopic (exact) mass is 499 g/mol. The molecule has 0 bridgehead atoms. The predicted molar refractivity (Wildman–Crippen MR) is 167 cm³/mol. The Kier molecular flexibility index (Phi) is 3.99. The summed E-state index contributed by atoms with van der Waals surface area (Å²) in [6, 6.07) is 44.4. The van der Waals surface area contributed by atoms with E-state index < -0.39 is 0 Å². The number of benzene rings is 7. The zero-order valence-corrected chi connectivity index (χ0v) is 21.3. The Labute approximate surface area is 222 Å². The molecule has 2 aromatic heterocycles. The lowest BCUT2D eigenvalue weighted by Crippen LogP contribution is -1.84. The van der Waals surface area contributed by atoms with Crippen molar-refractivity contribution in [1.29, 1.82) is 0 Å². The number of fused-ring (bicyclic) bond motifs is 13. The molecular formula is C36H21NS. The first-order valence-electron chi connectivity index (χ1n) is 13.0. The van der Waals surface area contributed by atoms with E-state index in [0.29, 0.717) is 0 Å². The average molecular weight is 500 g/mol. The standard InChI is InChI=1S/C36H21NS/c1-2-12-22-21(10-1)11-9-18-23(22)29-20-31-32(28-17-7-8-19-30(28)37-31)34-33-26-15-5-3-13-24(26)25-14-4-6-16-27(25)35(33)38-36(29)34/h1-20,37H. The van der Waals surface area contributed by atoms with Crippen LogP contribution in [0.15, 0.2) is 121 Å². The summed E-state index contributed by atoms with van der Waals surface area (Å²) < 4.78 is 2.73. The summed E-state index contributed by atoms with van der Waals surface area (Å²) in [6.07, 6.45) is 0. The first-order valence-corrected chi connectivity index (χ1v) is 13.9. The van der Waals surface area contributed by atoms with Crippen LogP contribution in [-0.4, -0.2) is 4.98 Å². The molecule has 0 atom stereocenters. The molecule has 1 nitrogen and oxygen atoms in total. The molecule has 0 aliphatic heterocycles. The molecule has 9 aromatic rings. The van der Waals surface area contributed by atoms with Crippen LogP contribution >= 0.6 is 11.3 Å². The molecule has 0 aliphatic rings. The molecule has 38 heavy (non-hydrogen) atoms. The molecule has 0 radical (unpaired) electrons. The summed E-state index contributed by atoms with van der Waals surface area (Å²) in [5.74, 6) is 0. The van der Waals surface area contributed by atoms with E-state index in [0.717, 1.165) is 0 Å². The minimum Gasteiger partial charge on any atom is -0.354 e. The van der Waals surface area contributed by atoms with Crippen molar-refractivity contribution >= 4 is 85.6 Å². The third-order valence-corrected chi connectivity index (χ3v) is 9.42. The maximum atomic E-state index is 3.77. The van der Waals surface area contributed by atoms with Gasteiger partial charge in [-0.25, -0.2) is 0 Å². The number of rotatable bonds is 1. The molecule has 176 valence electrons. The number of thiophene rings is 1. The van der Waals surface area contributed by atoms with E-state index in [-0.39, 0.29) is 0 Å². The second kappa shape index (κ2) is 7.44. The summed E-state index contributed by atoms with van der Waals surface area (Å²) in [6.45, 7) is 0. The molecule has 2 heteroatoms. The van der Waals surface area contributed by atoms with Crippen LogP contribution in [0.2, 0.25) is 0 Å². The summed E-state index contributed by atoms with van der Waals surface area (Å²) in [7, 11) is 0. The Bertz CT molecular complexity index is 2400. The van der Waals surface area contributed by atoms with Crippen molar-refractivity contribution < 1.29 is 0 Å². The van der Waals surface area contributed by atoms with Crippen LogP contribution in [0, 0.1) is 0 Å². The molecule has 9 rings (SSSR count). The van der Waals surface area contributed by atoms with E-state index in [1.54, 1.807) is 0 Å². The highest BCUT2D eigenvalue weighted by Gasteiger charge is 2.21. The fourth-order valence-electron chi connectivity index (χ4n) is 6.57. The smallest absolute Gasteiger partial charge is 0.0478 e. The molecule has 0 saturated heterocycles. The quantitative estimate of drug-likeness (QED) is 0.216. The van der Waals surface area contributed by atoms with Gasteiger partial charge in [0.15, 0.2) is 0 Å². The molecule has 7 aromatic carbocycles. The number of hydrogen-bond donors (Lipinski definition) is 1. The van der Waals surface area contributed by atoms with Crippen molar-refractivity contribution in [2.75, 3.05) is 0 Å². The first-order chi connectivity index (χ1) is 18.9.